The second kappa shape index (κ2) is 12.4. The number of aromatic amines is 2. The molecule has 0 aliphatic heterocycles. The molecule has 0 aliphatic carbocycles. The summed E-state index contributed by atoms with van der Waals surface area (Å²) < 4.78 is 7.29. The summed E-state index contributed by atoms with van der Waals surface area (Å²) in [5, 5.41) is 15.7. The first kappa shape index (κ1) is 29.3. The Labute approximate surface area is 259 Å². The number of ether oxygens (including phenoxy) is 1. The van der Waals surface area contributed by atoms with Gasteiger partial charge in [-0.1, -0.05) is 91.7 Å². The largest absolute Gasteiger partial charge is 0.467 e. The van der Waals surface area contributed by atoms with Crippen molar-refractivity contribution in [2.24, 2.45) is 5.73 Å². The van der Waals surface area contributed by atoms with Gasteiger partial charge < -0.3 is 20.0 Å². The molecule has 0 fully saturated rings. The van der Waals surface area contributed by atoms with Crippen LogP contribution in [0.3, 0.4) is 0 Å². The van der Waals surface area contributed by atoms with E-state index in [2.05, 4.69) is 56.8 Å². The lowest BCUT2D eigenvalue weighted by molar-refractivity contribution is -0.147. The van der Waals surface area contributed by atoms with Crippen molar-refractivity contribution in [2.75, 3.05) is 7.11 Å². The molecule has 6 aromatic rings. The van der Waals surface area contributed by atoms with Crippen LogP contribution in [0.25, 0.3) is 33.4 Å². The molecule has 0 radical (unpaired) electrons. The monoisotopic (exact) mass is 608 g/mol. The Balaban J connectivity index is 1.40. The second-order valence-electron chi connectivity index (χ2n) is 10.8. The second-order valence-corrected chi connectivity index (χ2v) is 11.2. The van der Waals surface area contributed by atoms with Crippen LogP contribution in [-0.2, 0) is 34.5 Å². The van der Waals surface area contributed by atoms with E-state index in [-0.39, 0.29) is 11.6 Å². The summed E-state index contributed by atoms with van der Waals surface area (Å²) in [6.07, 6.45) is 4.64. The van der Waals surface area contributed by atoms with Gasteiger partial charge in [0.2, 0.25) is 5.82 Å². The maximum absolute atomic E-state index is 13.5. The van der Waals surface area contributed by atoms with Gasteiger partial charge in [0, 0.05) is 42.0 Å². The molecule has 6 rings (SSSR count). The summed E-state index contributed by atoms with van der Waals surface area (Å²) >= 11 is 6.86. The summed E-state index contributed by atoms with van der Waals surface area (Å²) in [4.78, 5) is 21.5. The number of carbonyl (C=O) groups excluding carboxylic acids is 1. The molecule has 0 saturated carbocycles. The number of tetrazole rings is 1. The highest BCUT2D eigenvalue weighted by Gasteiger charge is 2.44. The van der Waals surface area contributed by atoms with Gasteiger partial charge in [0.25, 0.3) is 0 Å². The van der Waals surface area contributed by atoms with E-state index in [9.17, 15) is 4.79 Å². The smallest absolute Gasteiger partial charge is 0.332 e. The van der Waals surface area contributed by atoms with E-state index in [4.69, 9.17) is 27.1 Å². The zero-order valence-electron chi connectivity index (χ0n) is 24.5. The number of H-pyrrole nitrogens is 2. The topological polar surface area (TPSA) is 140 Å². The fourth-order valence-corrected chi connectivity index (χ4v) is 6.15. The number of hydrogen-bond acceptors (Lipinski definition) is 7. The number of benzene rings is 3. The number of fused-ring (bicyclic) bond motifs is 1. The average molecular weight is 609 g/mol. The van der Waals surface area contributed by atoms with Crippen molar-refractivity contribution in [3.8, 4) is 22.5 Å². The van der Waals surface area contributed by atoms with Gasteiger partial charge in [-0.05, 0) is 40.0 Å². The Hall–Kier alpha value is -4.80. The number of esters is 1. The van der Waals surface area contributed by atoms with Gasteiger partial charge in [-0.25, -0.2) is 9.78 Å². The Kier molecular flexibility index (Phi) is 8.28. The number of nitrogens with zero attached hydrogens (tertiary/aromatic N) is 5. The van der Waals surface area contributed by atoms with E-state index in [0.717, 1.165) is 57.4 Å². The predicted molar refractivity (Wildman–Crippen MR) is 170 cm³/mol. The van der Waals surface area contributed by atoms with E-state index >= 15 is 0 Å². The molecule has 11 heteroatoms. The van der Waals surface area contributed by atoms with Crippen LogP contribution < -0.4 is 5.73 Å². The maximum Gasteiger partial charge on any atom is 0.332 e. The zero-order chi connectivity index (χ0) is 30.7. The van der Waals surface area contributed by atoms with E-state index < -0.39 is 11.5 Å². The third-order valence-corrected chi connectivity index (χ3v) is 8.26. The number of unbranched alkanes of at least 4 members (excludes halogenated alkanes) is 1. The SMILES string of the molecule is CCCCc1nc(Cl)c([C@](N)(Cc2c[nH]c3ccccc23)C(=O)OC)n1Cc1ccc(-c2ccccc2-c2nn[nH]n2)cc1. The van der Waals surface area contributed by atoms with Gasteiger partial charge in [0.1, 0.15) is 5.82 Å². The van der Waals surface area contributed by atoms with Gasteiger partial charge in [-0.3, -0.25) is 0 Å². The van der Waals surface area contributed by atoms with Crippen LogP contribution in [0.2, 0.25) is 5.15 Å². The lowest BCUT2D eigenvalue weighted by Gasteiger charge is -2.28. The van der Waals surface area contributed by atoms with E-state index in [0.29, 0.717) is 24.5 Å². The van der Waals surface area contributed by atoms with Crippen LogP contribution >= 0.6 is 11.6 Å². The molecule has 0 unspecified atom stereocenters. The minimum Gasteiger partial charge on any atom is -0.467 e. The number of para-hydroxylation sites is 1. The molecule has 10 nitrogen and oxygen atoms in total. The Morgan fingerprint density at radius 1 is 1.05 bits per heavy atom. The standard InChI is InChI=1S/C33H33ClN8O2/c1-3-4-13-28-37-30(34)29(33(35,32(43)44-2)18-23-19-36-27-12-8-7-10-25(23)27)42(28)20-21-14-16-22(17-15-21)24-9-5-6-11-26(24)31-38-40-41-39-31/h5-12,14-17,19,36H,3-4,13,18,20,35H2,1-2H3,(H,38,39,40,41)/t33-/m1/s1. The quantitative estimate of drug-likeness (QED) is 0.157. The molecule has 0 aliphatic rings. The van der Waals surface area contributed by atoms with Crippen LogP contribution in [0.4, 0.5) is 0 Å². The van der Waals surface area contributed by atoms with Gasteiger partial charge in [0.15, 0.2) is 10.7 Å². The Morgan fingerprint density at radius 3 is 2.52 bits per heavy atom. The number of nitrogens with one attached hydrogen (secondary N) is 2. The molecule has 1 atom stereocenters. The summed E-state index contributed by atoms with van der Waals surface area (Å²) in [5.41, 5.74) is 11.6. The molecule has 0 amide bonds. The third-order valence-electron chi connectivity index (χ3n) is 7.99. The molecule has 3 aromatic heterocycles. The summed E-state index contributed by atoms with van der Waals surface area (Å²) in [6.45, 7) is 2.55. The van der Waals surface area contributed by atoms with Crippen LogP contribution in [0, 0.1) is 0 Å². The van der Waals surface area contributed by atoms with Crippen molar-refractivity contribution in [1.29, 1.82) is 0 Å². The molecular weight excluding hydrogens is 576 g/mol. The number of aromatic nitrogens is 7. The number of nitrogens with two attached hydrogens (primary N) is 1. The number of imidazole rings is 1. The van der Waals surface area contributed by atoms with Crippen LogP contribution in [0.5, 0.6) is 0 Å². The maximum atomic E-state index is 13.5. The molecule has 4 N–H and O–H groups in total. The lowest BCUT2D eigenvalue weighted by Crippen LogP contribution is -2.49. The first-order valence-corrected chi connectivity index (χ1v) is 14.9. The lowest BCUT2D eigenvalue weighted by atomic mass is 9.88. The fourth-order valence-electron chi connectivity index (χ4n) is 5.78. The Bertz CT molecular complexity index is 1900. The summed E-state index contributed by atoms with van der Waals surface area (Å²) in [5.74, 6) is 0.720. The number of methoxy groups -OCH3 is 1. The van der Waals surface area contributed by atoms with Crippen molar-refractivity contribution < 1.29 is 9.53 Å². The highest BCUT2D eigenvalue weighted by atomic mass is 35.5. The first-order chi connectivity index (χ1) is 21.4. The number of rotatable bonds is 11. The van der Waals surface area contributed by atoms with Crippen LogP contribution in [-0.4, -0.2) is 48.2 Å². The zero-order valence-corrected chi connectivity index (χ0v) is 25.3. The molecule has 3 heterocycles. The number of halogens is 1. The molecule has 0 bridgehead atoms. The minimum absolute atomic E-state index is 0.175. The fraction of sp³-hybridized carbons (Fsp3) is 0.242. The number of carbonyl (C=O) groups is 1. The van der Waals surface area contributed by atoms with Crippen molar-refractivity contribution in [3.63, 3.8) is 0 Å². The van der Waals surface area contributed by atoms with Crippen LogP contribution in [0.15, 0.2) is 79.0 Å². The van der Waals surface area contributed by atoms with Gasteiger partial charge in [-0.15, -0.1) is 10.2 Å². The minimum atomic E-state index is -1.59. The number of aryl methyl sites for hydroxylation is 1. The predicted octanol–water partition coefficient (Wildman–Crippen LogP) is 5.83. The van der Waals surface area contributed by atoms with Crippen molar-refractivity contribution in [3.05, 3.63) is 107 Å². The number of hydrogen-bond donors (Lipinski definition) is 3. The molecule has 3 aromatic carbocycles. The first-order valence-electron chi connectivity index (χ1n) is 14.5. The Morgan fingerprint density at radius 2 is 1.80 bits per heavy atom. The van der Waals surface area contributed by atoms with E-state index in [1.165, 1.54) is 7.11 Å². The highest BCUT2D eigenvalue weighted by Crippen LogP contribution is 2.35. The molecule has 44 heavy (non-hydrogen) atoms. The highest BCUT2D eigenvalue weighted by molar-refractivity contribution is 6.30. The normalized spacial score (nSPS) is 12.8. The van der Waals surface area contributed by atoms with E-state index in [1.807, 2.05) is 59.3 Å². The molecule has 224 valence electrons. The molecule has 0 spiro atoms. The van der Waals surface area contributed by atoms with Gasteiger partial charge in [0.05, 0.1) is 12.8 Å². The molecule has 0 saturated heterocycles. The van der Waals surface area contributed by atoms with Gasteiger partial charge in [-0.2, -0.15) is 5.21 Å². The summed E-state index contributed by atoms with van der Waals surface area (Å²) in [7, 11) is 1.34. The van der Waals surface area contributed by atoms with Gasteiger partial charge >= 0.3 is 5.97 Å². The average Bonchev–Trinajstić information content (AvgIpc) is 3.80. The van der Waals surface area contributed by atoms with E-state index in [1.54, 1.807) is 0 Å². The molecular formula is C33H33ClN8O2. The van der Waals surface area contributed by atoms with Crippen molar-refractivity contribution in [1.82, 2.24) is 35.2 Å². The van der Waals surface area contributed by atoms with Crippen LogP contribution in [0.1, 0.15) is 42.4 Å². The summed E-state index contributed by atoms with van der Waals surface area (Å²) in [6, 6.07) is 24.1. The third kappa shape index (κ3) is 5.49. The van der Waals surface area contributed by atoms with Crippen molar-refractivity contribution >= 4 is 28.5 Å². The van der Waals surface area contributed by atoms with Crippen molar-refractivity contribution in [2.45, 2.75) is 44.7 Å².